The first kappa shape index (κ1) is 57.5. The molecule has 0 aliphatic heterocycles. The monoisotopic (exact) mass is 832 g/mol. The number of carbonyl (C=O) groups is 1. The lowest BCUT2D eigenvalue weighted by Gasteiger charge is -2.27. The van der Waals surface area contributed by atoms with Crippen LogP contribution in [0.2, 0.25) is 0 Å². The van der Waals surface area contributed by atoms with Gasteiger partial charge in [-0.1, -0.05) is 237 Å². The first-order chi connectivity index (χ1) is 29.0. The molecule has 348 valence electrons. The van der Waals surface area contributed by atoms with Gasteiger partial charge in [-0.05, 0) is 64.2 Å². The Morgan fingerprint density at radius 3 is 1.07 bits per heavy atom. The number of aliphatic hydroxyl groups excluding tert-OH is 4. The summed E-state index contributed by atoms with van der Waals surface area (Å²) < 4.78 is 0. The lowest BCUT2D eigenvalue weighted by molar-refractivity contribution is -0.132. The third kappa shape index (κ3) is 41.6. The zero-order chi connectivity index (χ0) is 43.1. The summed E-state index contributed by atoms with van der Waals surface area (Å²) in [7, 11) is 0. The van der Waals surface area contributed by atoms with Crippen molar-refractivity contribution < 1.29 is 25.2 Å². The molecule has 4 unspecified atom stereocenters. The molecule has 0 aliphatic rings. The van der Waals surface area contributed by atoms with E-state index in [1.807, 2.05) is 0 Å². The van der Waals surface area contributed by atoms with Crippen LogP contribution in [-0.2, 0) is 4.79 Å². The zero-order valence-electron chi connectivity index (χ0n) is 39.3. The molecular formula is C53H101NO5. The fourth-order valence-corrected chi connectivity index (χ4v) is 7.97. The smallest absolute Gasteiger partial charge is 0.249 e. The molecule has 0 saturated carbocycles. The van der Waals surface area contributed by atoms with Crippen molar-refractivity contribution in [3.05, 3.63) is 36.5 Å². The van der Waals surface area contributed by atoms with Gasteiger partial charge in [-0.2, -0.15) is 0 Å². The normalized spacial score (nSPS) is 14.2. The van der Waals surface area contributed by atoms with Gasteiger partial charge < -0.3 is 25.7 Å². The van der Waals surface area contributed by atoms with Crippen molar-refractivity contribution in [1.82, 2.24) is 5.32 Å². The highest BCUT2D eigenvalue weighted by molar-refractivity contribution is 5.80. The molecule has 4 atom stereocenters. The number of unbranched alkanes of at least 4 members (excludes halogenated alkanes) is 32. The third-order valence-electron chi connectivity index (χ3n) is 12.1. The van der Waals surface area contributed by atoms with Gasteiger partial charge in [0, 0.05) is 0 Å². The van der Waals surface area contributed by atoms with Crippen molar-refractivity contribution in [2.45, 2.75) is 289 Å². The number of allylic oxidation sites excluding steroid dienone is 6. The van der Waals surface area contributed by atoms with Gasteiger partial charge in [0.1, 0.15) is 12.2 Å². The Hall–Kier alpha value is -1.47. The molecule has 0 fully saturated rings. The molecule has 0 heterocycles. The largest absolute Gasteiger partial charge is 0.394 e. The number of hydrogen-bond donors (Lipinski definition) is 5. The minimum Gasteiger partial charge on any atom is -0.394 e. The van der Waals surface area contributed by atoms with E-state index in [4.69, 9.17) is 0 Å². The molecule has 0 rings (SSSR count). The van der Waals surface area contributed by atoms with Gasteiger partial charge in [-0.3, -0.25) is 4.79 Å². The first-order valence-electron chi connectivity index (χ1n) is 25.9. The summed E-state index contributed by atoms with van der Waals surface area (Å²) in [5, 5.41) is 43.7. The second-order valence-corrected chi connectivity index (χ2v) is 17.8. The molecule has 1 amide bonds. The van der Waals surface area contributed by atoms with Crippen LogP contribution in [0.4, 0.5) is 0 Å². The van der Waals surface area contributed by atoms with E-state index in [-0.39, 0.29) is 0 Å². The van der Waals surface area contributed by atoms with Crippen LogP contribution >= 0.6 is 0 Å². The number of carbonyl (C=O) groups excluding carboxylic acids is 1. The van der Waals surface area contributed by atoms with Gasteiger partial charge in [-0.25, -0.2) is 0 Å². The second-order valence-electron chi connectivity index (χ2n) is 17.8. The topological polar surface area (TPSA) is 110 Å². The quantitative estimate of drug-likeness (QED) is 0.0310. The highest BCUT2D eigenvalue weighted by Gasteiger charge is 2.28. The van der Waals surface area contributed by atoms with E-state index in [0.717, 1.165) is 51.4 Å². The van der Waals surface area contributed by atoms with Crippen LogP contribution in [0.5, 0.6) is 0 Å². The van der Waals surface area contributed by atoms with Crippen molar-refractivity contribution in [1.29, 1.82) is 0 Å². The number of hydrogen-bond acceptors (Lipinski definition) is 5. The summed E-state index contributed by atoms with van der Waals surface area (Å²) in [5.41, 5.74) is 0. The summed E-state index contributed by atoms with van der Waals surface area (Å²) in [5.74, 6) is -0.599. The number of rotatable bonds is 47. The third-order valence-corrected chi connectivity index (χ3v) is 12.1. The molecule has 59 heavy (non-hydrogen) atoms. The van der Waals surface area contributed by atoms with Crippen LogP contribution in [0.15, 0.2) is 36.5 Å². The molecule has 0 spiro atoms. The van der Waals surface area contributed by atoms with E-state index in [1.165, 1.54) is 180 Å². The van der Waals surface area contributed by atoms with Crippen LogP contribution in [0.25, 0.3) is 0 Å². The zero-order valence-corrected chi connectivity index (χ0v) is 39.3. The van der Waals surface area contributed by atoms with Crippen LogP contribution < -0.4 is 5.32 Å². The van der Waals surface area contributed by atoms with Crippen molar-refractivity contribution in [3.63, 3.8) is 0 Å². The molecule has 0 aromatic heterocycles. The molecule has 0 saturated heterocycles. The van der Waals surface area contributed by atoms with E-state index in [0.29, 0.717) is 19.3 Å². The van der Waals surface area contributed by atoms with Crippen molar-refractivity contribution in [3.8, 4) is 0 Å². The van der Waals surface area contributed by atoms with E-state index in [9.17, 15) is 25.2 Å². The highest BCUT2D eigenvalue weighted by atomic mass is 16.3. The summed E-state index contributed by atoms with van der Waals surface area (Å²) >= 11 is 0. The minimum absolute atomic E-state index is 0.360. The summed E-state index contributed by atoms with van der Waals surface area (Å²) in [4.78, 5) is 12.5. The molecule has 0 aromatic carbocycles. The predicted octanol–water partition coefficient (Wildman–Crippen LogP) is 14.5. The molecule has 6 nitrogen and oxygen atoms in total. The van der Waals surface area contributed by atoms with E-state index < -0.39 is 36.9 Å². The first-order valence-corrected chi connectivity index (χ1v) is 25.9. The van der Waals surface area contributed by atoms with Gasteiger partial charge in [0.15, 0.2) is 0 Å². The molecule has 0 aromatic rings. The Balaban J connectivity index is 3.68. The molecule has 0 aliphatic carbocycles. The van der Waals surface area contributed by atoms with Crippen molar-refractivity contribution in [2.24, 2.45) is 0 Å². The van der Waals surface area contributed by atoms with Gasteiger partial charge in [0.2, 0.25) is 5.91 Å². The van der Waals surface area contributed by atoms with E-state index in [1.54, 1.807) is 0 Å². The van der Waals surface area contributed by atoms with Gasteiger partial charge in [-0.15, -0.1) is 0 Å². The molecular weight excluding hydrogens is 731 g/mol. The lowest BCUT2D eigenvalue weighted by Crippen LogP contribution is -2.53. The minimum atomic E-state index is -1.29. The van der Waals surface area contributed by atoms with E-state index >= 15 is 0 Å². The maximum atomic E-state index is 12.5. The Morgan fingerprint density at radius 1 is 0.407 bits per heavy atom. The number of nitrogens with one attached hydrogen (secondary N) is 1. The Kier molecular flexibility index (Phi) is 46.4. The average Bonchev–Trinajstić information content (AvgIpc) is 3.24. The van der Waals surface area contributed by atoms with Crippen LogP contribution in [-0.4, -0.2) is 57.3 Å². The number of aliphatic hydroxyl groups is 4. The molecule has 5 N–H and O–H groups in total. The number of amides is 1. The van der Waals surface area contributed by atoms with Gasteiger partial charge in [0.25, 0.3) is 0 Å². The standard InChI is InChI=1S/C53H101NO5/c1-3-5-7-9-11-13-15-17-18-19-20-21-22-23-24-25-26-27-28-29-30-31-32-33-34-35-37-38-40-42-44-46-50(56)52(58)49(48-55)54-53(59)51(57)47-45-43-41-39-36-16-14-12-10-8-6-4-2/h29-30,33-34,38,40,49-52,55-58H,3-28,31-32,35-37,39,41-48H2,1-2H3,(H,54,59)/b30-29+,34-33+,40-38+. The Morgan fingerprint density at radius 2 is 0.712 bits per heavy atom. The van der Waals surface area contributed by atoms with Crippen LogP contribution in [0.3, 0.4) is 0 Å². The summed E-state index contributed by atoms with van der Waals surface area (Å²) in [6.45, 7) is 4.04. The van der Waals surface area contributed by atoms with Crippen LogP contribution in [0.1, 0.15) is 264 Å². The van der Waals surface area contributed by atoms with E-state index in [2.05, 4.69) is 55.6 Å². The second kappa shape index (κ2) is 47.6. The van der Waals surface area contributed by atoms with Crippen molar-refractivity contribution >= 4 is 5.91 Å². The molecule has 0 radical (unpaired) electrons. The Bertz CT molecular complexity index is 935. The molecule has 0 bridgehead atoms. The fourth-order valence-electron chi connectivity index (χ4n) is 7.97. The molecule has 6 heteroatoms. The van der Waals surface area contributed by atoms with Gasteiger partial charge >= 0.3 is 0 Å². The maximum Gasteiger partial charge on any atom is 0.249 e. The van der Waals surface area contributed by atoms with Crippen LogP contribution in [0, 0.1) is 0 Å². The average molecular weight is 832 g/mol. The lowest BCUT2D eigenvalue weighted by atomic mass is 10.00. The summed E-state index contributed by atoms with van der Waals surface area (Å²) in [6.07, 6.45) is 57.9. The summed E-state index contributed by atoms with van der Waals surface area (Å²) in [6, 6.07) is -1.01. The fraction of sp³-hybridized carbons (Fsp3) is 0.868. The maximum absolute atomic E-state index is 12.5. The predicted molar refractivity (Wildman–Crippen MR) is 256 cm³/mol. The Labute approximate surface area is 367 Å². The van der Waals surface area contributed by atoms with Crippen molar-refractivity contribution in [2.75, 3.05) is 6.61 Å². The van der Waals surface area contributed by atoms with Gasteiger partial charge in [0.05, 0.1) is 18.8 Å². The highest BCUT2D eigenvalue weighted by Crippen LogP contribution is 2.16. The SMILES string of the molecule is CCCCCCCCCCCCCCCCCCCC/C=C/CC/C=C/CC/C=C/CCCC(O)C(O)C(CO)NC(=O)C(O)CCCCCCCCCCCCCC.